The number of halogens is 1. The Morgan fingerprint density at radius 3 is 1.91 bits per heavy atom. The van der Waals surface area contributed by atoms with Gasteiger partial charge in [0.2, 0.25) is 0 Å². The zero-order valence-corrected chi connectivity index (χ0v) is 13.4. The van der Waals surface area contributed by atoms with E-state index in [9.17, 15) is 4.39 Å². The molecular formula is C22H19F. The van der Waals surface area contributed by atoms with Gasteiger partial charge in [-0.3, -0.25) is 0 Å². The Bertz CT molecular complexity index is 840. The van der Waals surface area contributed by atoms with Crippen molar-refractivity contribution in [3.8, 4) is 22.3 Å². The second kappa shape index (κ2) is 6.21. The molecule has 0 aromatic heterocycles. The second-order valence-corrected chi connectivity index (χ2v) is 5.92. The third-order valence-corrected chi connectivity index (χ3v) is 4.04. The van der Waals surface area contributed by atoms with Gasteiger partial charge in [-0.15, -0.1) is 0 Å². The summed E-state index contributed by atoms with van der Waals surface area (Å²) in [5, 5.41) is 0. The normalized spacial score (nSPS) is 10.6. The first kappa shape index (κ1) is 15.2. The van der Waals surface area contributed by atoms with Crippen LogP contribution in [-0.2, 0) is 0 Å². The Hall–Kier alpha value is -2.67. The smallest absolute Gasteiger partial charge is 0.131 e. The summed E-state index contributed by atoms with van der Waals surface area (Å²) in [6.07, 6.45) is 0. The monoisotopic (exact) mass is 302 g/mol. The Kier molecular flexibility index (Phi) is 4.12. The minimum absolute atomic E-state index is 0.203. The minimum atomic E-state index is -0.203. The molecule has 0 unspecified atom stereocenters. The Balaban J connectivity index is 1.95. The summed E-state index contributed by atoms with van der Waals surface area (Å²) in [5.41, 5.74) is 6.70. The molecule has 0 saturated carbocycles. The van der Waals surface area contributed by atoms with E-state index in [1.165, 1.54) is 5.56 Å². The molecule has 3 rings (SSSR count). The first-order valence-corrected chi connectivity index (χ1v) is 7.67. The maximum atomic E-state index is 14.5. The van der Waals surface area contributed by atoms with Crippen molar-refractivity contribution in [2.45, 2.75) is 13.8 Å². The highest BCUT2D eigenvalue weighted by molar-refractivity contribution is 5.72. The lowest BCUT2D eigenvalue weighted by molar-refractivity contribution is 0.632. The summed E-state index contributed by atoms with van der Waals surface area (Å²) in [5.74, 6) is -0.203. The summed E-state index contributed by atoms with van der Waals surface area (Å²) >= 11 is 0. The Labute approximate surface area is 136 Å². The zero-order chi connectivity index (χ0) is 16.4. The van der Waals surface area contributed by atoms with Crippen LogP contribution in [0.1, 0.15) is 18.1 Å². The second-order valence-electron chi connectivity index (χ2n) is 5.92. The molecule has 0 nitrogen and oxygen atoms in total. The van der Waals surface area contributed by atoms with Crippen molar-refractivity contribution in [2.24, 2.45) is 0 Å². The molecule has 0 N–H and O–H groups in total. The van der Waals surface area contributed by atoms with E-state index in [0.29, 0.717) is 5.56 Å². The van der Waals surface area contributed by atoms with Crippen LogP contribution >= 0.6 is 0 Å². The molecular weight excluding hydrogens is 283 g/mol. The lowest BCUT2D eigenvalue weighted by Gasteiger charge is -2.08. The van der Waals surface area contributed by atoms with Gasteiger partial charge < -0.3 is 0 Å². The molecule has 3 aromatic rings. The highest BCUT2D eigenvalue weighted by atomic mass is 19.1. The van der Waals surface area contributed by atoms with E-state index >= 15 is 0 Å². The Morgan fingerprint density at radius 2 is 1.35 bits per heavy atom. The average molecular weight is 302 g/mol. The third kappa shape index (κ3) is 3.24. The van der Waals surface area contributed by atoms with E-state index in [2.05, 4.69) is 6.58 Å². The van der Waals surface area contributed by atoms with Crippen LogP contribution < -0.4 is 0 Å². The summed E-state index contributed by atoms with van der Waals surface area (Å²) in [7, 11) is 0. The minimum Gasteiger partial charge on any atom is -0.206 e. The lowest BCUT2D eigenvalue weighted by Crippen LogP contribution is -1.87. The van der Waals surface area contributed by atoms with Gasteiger partial charge >= 0.3 is 0 Å². The fourth-order valence-electron chi connectivity index (χ4n) is 2.61. The number of hydrogen-bond acceptors (Lipinski definition) is 0. The first-order chi connectivity index (χ1) is 11.0. The van der Waals surface area contributed by atoms with Gasteiger partial charge in [0, 0.05) is 5.56 Å². The maximum Gasteiger partial charge on any atom is 0.131 e. The van der Waals surface area contributed by atoms with Crippen LogP contribution in [0.2, 0.25) is 0 Å². The highest BCUT2D eigenvalue weighted by Gasteiger charge is 2.07. The summed E-state index contributed by atoms with van der Waals surface area (Å²) in [6.45, 7) is 7.93. The van der Waals surface area contributed by atoms with E-state index in [0.717, 1.165) is 27.8 Å². The fourth-order valence-corrected chi connectivity index (χ4v) is 2.61. The number of aryl methyl sites for hydroxylation is 1. The molecule has 3 aromatic carbocycles. The van der Waals surface area contributed by atoms with Crippen molar-refractivity contribution in [3.63, 3.8) is 0 Å². The van der Waals surface area contributed by atoms with Gasteiger partial charge in [-0.05, 0) is 42.2 Å². The van der Waals surface area contributed by atoms with Crippen LogP contribution in [0.5, 0.6) is 0 Å². The number of hydrogen-bond donors (Lipinski definition) is 0. The third-order valence-electron chi connectivity index (χ3n) is 4.04. The van der Waals surface area contributed by atoms with Crippen molar-refractivity contribution in [1.29, 1.82) is 0 Å². The maximum absolute atomic E-state index is 14.5. The summed E-state index contributed by atoms with van der Waals surface area (Å²) in [6, 6.07) is 21.4. The van der Waals surface area contributed by atoms with Gasteiger partial charge in [0.05, 0.1) is 0 Å². The Morgan fingerprint density at radius 1 is 0.783 bits per heavy atom. The molecule has 0 heterocycles. The van der Waals surface area contributed by atoms with Gasteiger partial charge in [-0.25, -0.2) is 4.39 Å². The van der Waals surface area contributed by atoms with Gasteiger partial charge in [0.25, 0.3) is 0 Å². The predicted molar refractivity (Wildman–Crippen MR) is 96.7 cm³/mol. The van der Waals surface area contributed by atoms with Crippen LogP contribution in [0.15, 0.2) is 73.3 Å². The van der Waals surface area contributed by atoms with Crippen molar-refractivity contribution in [3.05, 3.63) is 90.3 Å². The van der Waals surface area contributed by atoms with Crippen LogP contribution in [0.4, 0.5) is 4.39 Å². The van der Waals surface area contributed by atoms with Gasteiger partial charge in [-0.2, -0.15) is 0 Å². The van der Waals surface area contributed by atoms with E-state index in [4.69, 9.17) is 0 Å². The predicted octanol–water partition coefficient (Wildman–Crippen LogP) is 6.50. The molecule has 0 fully saturated rings. The van der Waals surface area contributed by atoms with Gasteiger partial charge in [-0.1, -0.05) is 78.4 Å². The van der Waals surface area contributed by atoms with Crippen molar-refractivity contribution >= 4 is 5.57 Å². The zero-order valence-electron chi connectivity index (χ0n) is 13.4. The standard InChI is InChI=1S/C22H19F/c1-15(2)17-8-10-19(11-9-17)21-13-12-20(14-22(21)23)18-6-4-16(3)5-7-18/h4-14H,1H2,2-3H3. The number of benzene rings is 3. The molecule has 0 aliphatic carbocycles. The fraction of sp³-hybridized carbons (Fsp3) is 0.0909. The average Bonchev–Trinajstić information content (AvgIpc) is 2.55. The van der Waals surface area contributed by atoms with Gasteiger partial charge in [0.15, 0.2) is 0 Å². The van der Waals surface area contributed by atoms with Crippen LogP contribution in [0.25, 0.3) is 27.8 Å². The van der Waals surface area contributed by atoms with Crippen molar-refractivity contribution < 1.29 is 4.39 Å². The molecule has 0 amide bonds. The highest BCUT2D eigenvalue weighted by Crippen LogP contribution is 2.29. The molecule has 0 atom stereocenters. The first-order valence-electron chi connectivity index (χ1n) is 7.67. The van der Waals surface area contributed by atoms with E-state index in [1.807, 2.05) is 74.5 Å². The largest absolute Gasteiger partial charge is 0.206 e. The molecule has 1 heteroatoms. The van der Waals surface area contributed by atoms with Crippen LogP contribution in [0.3, 0.4) is 0 Å². The van der Waals surface area contributed by atoms with Crippen molar-refractivity contribution in [1.82, 2.24) is 0 Å². The summed E-state index contributed by atoms with van der Waals surface area (Å²) < 4.78 is 14.5. The molecule has 114 valence electrons. The quantitative estimate of drug-likeness (QED) is 0.518. The van der Waals surface area contributed by atoms with E-state index < -0.39 is 0 Å². The number of allylic oxidation sites excluding steroid dienone is 1. The molecule has 23 heavy (non-hydrogen) atoms. The topological polar surface area (TPSA) is 0 Å². The van der Waals surface area contributed by atoms with E-state index in [-0.39, 0.29) is 5.82 Å². The molecule has 0 bridgehead atoms. The molecule has 0 aliphatic heterocycles. The van der Waals surface area contributed by atoms with Crippen LogP contribution in [0, 0.1) is 12.7 Å². The SMILES string of the molecule is C=C(C)c1ccc(-c2ccc(-c3ccc(C)cc3)cc2F)cc1. The molecule has 0 spiro atoms. The van der Waals surface area contributed by atoms with Crippen molar-refractivity contribution in [2.75, 3.05) is 0 Å². The molecule has 0 radical (unpaired) electrons. The molecule has 0 saturated heterocycles. The lowest BCUT2D eigenvalue weighted by atomic mass is 9.98. The summed E-state index contributed by atoms with van der Waals surface area (Å²) in [4.78, 5) is 0. The van der Waals surface area contributed by atoms with Gasteiger partial charge in [0.1, 0.15) is 5.82 Å². The number of rotatable bonds is 3. The molecule has 0 aliphatic rings. The van der Waals surface area contributed by atoms with E-state index in [1.54, 1.807) is 6.07 Å². The van der Waals surface area contributed by atoms with Crippen LogP contribution in [-0.4, -0.2) is 0 Å².